The summed E-state index contributed by atoms with van der Waals surface area (Å²) in [5.41, 5.74) is -0.0323. The minimum Gasteiger partial charge on any atom is -0.488 e. The summed E-state index contributed by atoms with van der Waals surface area (Å²) in [5, 5.41) is 2.82. The molecule has 0 spiro atoms. The highest BCUT2D eigenvalue weighted by molar-refractivity contribution is 6.56. The van der Waals surface area contributed by atoms with Crippen molar-refractivity contribution in [2.24, 2.45) is 0 Å². The first-order valence-electron chi connectivity index (χ1n) is 10.8. The maximum Gasteiger partial charge on any atom is 0.492 e. The number of hydrogen-bond acceptors (Lipinski definition) is 5. The normalized spacial score (nSPS) is 18.6. The minimum absolute atomic E-state index is 0.242. The Morgan fingerprint density at radius 1 is 0.968 bits per heavy atom. The molecule has 0 saturated carbocycles. The molecular formula is C24H38BNO5. The molecule has 1 aliphatic heterocycles. The molecule has 1 N–H and O–H groups in total. The summed E-state index contributed by atoms with van der Waals surface area (Å²) in [6.45, 7) is 19.8. The van der Waals surface area contributed by atoms with Crippen molar-refractivity contribution < 1.29 is 23.6 Å². The number of carbonyl (C=O) groups excluding carboxylic acids is 1. The van der Waals surface area contributed by atoms with Crippen LogP contribution in [0.15, 0.2) is 29.7 Å². The molecule has 2 rings (SSSR count). The van der Waals surface area contributed by atoms with Gasteiger partial charge in [0.2, 0.25) is 0 Å². The van der Waals surface area contributed by atoms with E-state index in [4.69, 9.17) is 18.8 Å². The van der Waals surface area contributed by atoms with E-state index in [1.54, 1.807) is 0 Å². The van der Waals surface area contributed by atoms with Crippen LogP contribution in [0.2, 0.25) is 0 Å². The van der Waals surface area contributed by atoms with Gasteiger partial charge in [-0.1, -0.05) is 18.2 Å². The van der Waals surface area contributed by atoms with Crippen LogP contribution < -0.4 is 10.1 Å². The number of nitrogens with one attached hydrogen (secondary N) is 1. The van der Waals surface area contributed by atoms with Crippen LogP contribution in [0.4, 0.5) is 4.79 Å². The lowest BCUT2D eigenvalue weighted by atomic mass is 9.77. The Balaban J connectivity index is 2.24. The summed E-state index contributed by atoms with van der Waals surface area (Å²) in [6, 6.07) is 7.81. The number of carbonyl (C=O) groups is 1. The fourth-order valence-electron chi connectivity index (χ4n) is 2.88. The average Bonchev–Trinajstić information content (AvgIpc) is 2.77. The van der Waals surface area contributed by atoms with Crippen LogP contribution in [0.3, 0.4) is 0 Å². The Labute approximate surface area is 187 Å². The Kier molecular flexibility index (Phi) is 7.23. The fourth-order valence-corrected chi connectivity index (χ4v) is 2.88. The van der Waals surface area contributed by atoms with Crippen LogP contribution in [0.1, 0.15) is 74.8 Å². The highest BCUT2D eigenvalue weighted by Crippen LogP contribution is 2.38. The van der Waals surface area contributed by atoms with Crippen LogP contribution in [-0.4, -0.2) is 42.2 Å². The first-order chi connectivity index (χ1) is 14.0. The smallest absolute Gasteiger partial charge is 0.488 e. The molecule has 1 aliphatic rings. The molecule has 172 valence electrons. The highest BCUT2D eigenvalue weighted by atomic mass is 16.7. The van der Waals surface area contributed by atoms with E-state index in [1.807, 2.05) is 99.6 Å². The largest absolute Gasteiger partial charge is 0.492 e. The molecule has 0 bridgehead atoms. The molecule has 1 amide bonds. The van der Waals surface area contributed by atoms with Gasteiger partial charge >= 0.3 is 13.2 Å². The van der Waals surface area contributed by atoms with Gasteiger partial charge in [-0.3, -0.25) is 0 Å². The van der Waals surface area contributed by atoms with Crippen molar-refractivity contribution >= 4 is 19.3 Å². The highest BCUT2D eigenvalue weighted by Gasteiger charge is 2.52. The molecule has 1 heterocycles. The molecule has 0 aliphatic carbocycles. The maximum atomic E-state index is 12.2. The van der Waals surface area contributed by atoms with Crippen molar-refractivity contribution in [1.29, 1.82) is 0 Å². The third-order valence-corrected chi connectivity index (χ3v) is 5.05. The van der Waals surface area contributed by atoms with Crippen LogP contribution in [0, 0.1) is 0 Å². The number of alkyl carbamates (subject to hydrolysis) is 1. The first kappa shape index (κ1) is 25.3. The zero-order valence-electron chi connectivity index (χ0n) is 20.7. The van der Waals surface area contributed by atoms with E-state index in [-0.39, 0.29) is 12.1 Å². The van der Waals surface area contributed by atoms with Gasteiger partial charge in [-0.2, -0.15) is 0 Å². The number of rotatable bonds is 5. The first-order valence-corrected chi connectivity index (χ1v) is 10.8. The minimum atomic E-state index is -0.578. The zero-order valence-corrected chi connectivity index (χ0v) is 20.7. The van der Waals surface area contributed by atoms with Crippen LogP contribution in [0.5, 0.6) is 5.75 Å². The maximum absolute atomic E-state index is 12.2. The predicted molar refractivity (Wildman–Crippen MR) is 125 cm³/mol. The van der Waals surface area contributed by atoms with Gasteiger partial charge in [0, 0.05) is 6.54 Å². The Bertz CT molecular complexity index is 785. The Hall–Kier alpha value is -1.99. The molecule has 1 aromatic carbocycles. The molecule has 31 heavy (non-hydrogen) atoms. The summed E-state index contributed by atoms with van der Waals surface area (Å²) in [4.78, 5) is 12.2. The summed E-state index contributed by atoms with van der Waals surface area (Å²) in [6.07, 6.45) is 1.49. The van der Waals surface area contributed by atoms with Crippen molar-refractivity contribution in [2.75, 3.05) is 6.54 Å². The second-order valence-corrected chi connectivity index (χ2v) is 10.9. The van der Waals surface area contributed by atoms with Gasteiger partial charge in [-0.05, 0) is 92.4 Å². The summed E-state index contributed by atoms with van der Waals surface area (Å²) >= 11 is 0. The van der Waals surface area contributed by atoms with E-state index in [9.17, 15) is 4.79 Å². The topological polar surface area (TPSA) is 66.0 Å². The molecule has 7 heteroatoms. The third kappa shape index (κ3) is 7.58. The van der Waals surface area contributed by atoms with Gasteiger partial charge in [-0.15, -0.1) is 0 Å². The molecule has 0 radical (unpaired) electrons. The van der Waals surface area contributed by atoms with E-state index in [0.29, 0.717) is 0 Å². The Morgan fingerprint density at radius 2 is 1.48 bits per heavy atom. The second-order valence-electron chi connectivity index (χ2n) is 10.9. The second kappa shape index (κ2) is 8.87. The van der Waals surface area contributed by atoms with Gasteiger partial charge in [0.05, 0.1) is 11.2 Å². The number of benzene rings is 1. The standard InChI is InChI=1S/C24H38BNO5/c1-21(2,3)28-19-13-11-17(12-14-19)15-18(16-26-20(27)29-22(4,5)6)25-30-23(7,8)24(9,10)31-25/h11-15H,16H2,1-10H3,(H,26,27). The van der Waals surface area contributed by atoms with Crippen molar-refractivity contribution in [3.63, 3.8) is 0 Å². The van der Waals surface area contributed by atoms with E-state index in [2.05, 4.69) is 5.32 Å². The Morgan fingerprint density at radius 3 is 1.94 bits per heavy atom. The number of ether oxygens (including phenoxy) is 2. The SMILES string of the molecule is CC(C)(C)OC(=O)NCC(=Cc1ccc(OC(C)(C)C)cc1)B1OC(C)(C)C(C)(C)O1. The molecule has 0 aromatic heterocycles. The van der Waals surface area contributed by atoms with Gasteiger partial charge < -0.3 is 24.1 Å². The van der Waals surface area contributed by atoms with Gasteiger partial charge in [0.15, 0.2) is 0 Å². The lowest BCUT2D eigenvalue weighted by Crippen LogP contribution is -2.41. The lowest BCUT2D eigenvalue weighted by Gasteiger charge is -2.32. The predicted octanol–water partition coefficient (Wildman–Crippen LogP) is 5.40. The quantitative estimate of drug-likeness (QED) is 0.632. The lowest BCUT2D eigenvalue weighted by molar-refractivity contribution is 0.00578. The zero-order chi connectivity index (χ0) is 23.7. The van der Waals surface area contributed by atoms with Crippen LogP contribution >= 0.6 is 0 Å². The van der Waals surface area contributed by atoms with Crippen LogP contribution in [-0.2, 0) is 14.0 Å². The van der Waals surface area contributed by atoms with Crippen molar-refractivity contribution in [2.45, 2.75) is 91.6 Å². The van der Waals surface area contributed by atoms with E-state index < -0.39 is 30.0 Å². The van der Waals surface area contributed by atoms with E-state index in [0.717, 1.165) is 16.8 Å². The monoisotopic (exact) mass is 431 g/mol. The molecule has 6 nitrogen and oxygen atoms in total. The molecule has 0 unspecified atom stereocenters. The molecule has 1 saturated heterocycles. The van der Waals surface area contributed by atoms with Gasteiger partial charge in [0.25, 0.3) is 0 Å². The van der Waals surface area contributed by atoms with Crippen molar-refractivity contribution in [1.82, 2.24) is 5.32 Å². The molecular weight excluding hydrogens is 393 g/mol. The van der Waals surface area contributed by atoms with Crippen molar-refractivity contribution in [3.8, 4) is 5.75 Å². The summed E-state index contributed by atoms with van der Waals surface area (Å²) in [7, 11) is -0.578. The number of amides is 1. The van der Waals surface area contributed by atoms with Crippen LogP contribution in [0.25, 0.3) is 6.08 Å². The molecule has 1 fully saturated rings. The van der Waals surface area contributed by atoms with Crippen molar-refractivity contribution in [3.05, 3.63) is 35.3 Å². The number of hydrogen-bond donors (Lipinski definition) is 1. The van der Waals surface area contributed by atoms with E-state index in [1.165, 1.54) is 0 Å². The van der Waals surface area contributed by atoms with E-state index >= 15 is 0 Å². The average molecular weight is 431 g/mol. The van der Waals surface area contributed by atoms with Gasteiger partial charge in [0.1, 0.15) is 17.0 Å². The fraction of sp³-hybridized carbons (Fsp3) is 0.625. The molecule has 1 aromatic rings. The molecule has 0 atom stereocenters. The third-order valence-electron chi connectivity index (χ3n) is 5.05. The summed E-state index contributed by atoms with van der Waals surface area (Å²) in [5.74, 6) is 0.800. The van der Waals surface area contributed by atoms with Gasteiger partial charge in [-0.25, -0.2) is 4.79 Å². The summed E-state index contributed by atoms with van der Waals surface area (Å²) < 4.78 is 23.7.